The van der Waals surface area contributed by atoms with Crippen LogP contribution in [0.2, 0.25) is 0 Å². The molecule has 1 aromatic carbocycles. The quantitative estimate of drug-likeness (QED) is 0.897. The van der Waals surface area contributed by atoms with Crippen LogP contribution < -0.4 is 14.8 Å². The molecule has 3 rings (SSSR count). The van der Waals surface area contributed by atoms with E-state index in [1.165, 1.54) is 0 Å². The molecule has 0 saturated heterocycles. The van der Waals surface area contributed by atoms with Crippen molar-refractivity contribution in [3.8, 4) is 11.5 Å². The lowest BCUT2D eigenvalue weighted by Gasteiger charge is -2.08. The van der Waals surface area contributed by atoms with Gasteiger partial charge in [-0.1, -0.05) is 0 Å². The SMILES string of the molecule is CCn1ccnc1CNc1ccc2c(c1)OCO2. The van der Waals surface area contributed by atoms with Crippen LogP contribution in [0, 0.1) is 0 Å². The Kier molecular flexibility index (Phi) is 2.80. The predicted octanol–water partition coefficient (Wildman–Crippen LogP) is 2.24. The van der Waals surface area contributed by atoms with E-state index in [9.17, 15) is 0 Å². The van der Waals surface area contributed by atoms with Crippen molar-refractivity contribution >= 4 is 5.69 Å². The van der Waals surface area contributed by atoms with E-state index in [2.05, 4.69) is 21.8 Å². The van der Waals surface area contributed by atoms with E-state index in [1.54, 1.807) is 0 Å². The van der Waals surface area contributed by atoms with Crippen molar-refractivity contribution in [2.24, 2.45) is 0 Å². The summed E-state index contributed by atoms with van der Waals surface area (Å²) < 4.78 is 12.7. The fraction of sp³-hybridized carbons (Fsp3) is 0.308. The number of nitrogens with one attached hydrogen (secondary N) is 1. The maximum Gasteiger partial charge on any atom is 0.231 e. The van der Waals surface area contributed by atoms with E-state index in [0.717, 1.165) is 29.6 Å². The van der Waals surface area contributed by atoms with Gasteiger partial charge in [0.25, 0.3) is 0 Å². The second-order valence-electron chi connectivity index (χ2n) is 4.05. The molecule has 1 aliphatic heterocycles. The van der Waals surface area contributed by atoms with Gasteiger partial charge in [-0.25, -0.2) is 4.98 Å². The van der Waals surface area contributed by atoms with Crippen molar-refractivity contribution < 1.29 is 9.47 Å². The molecule has 0 saturated carbocycles. The van der Waals surface area contributed by atoms with Crippen LogP contribution in [0.1, 0.15) is 12.7 Å². The van der Waals surface area contributed by atoms with Crippen LogP contribution in [0.15, 0.2) is 30.6 Å². The summed E-state index contributed by atoms with van der Waals surface area (Å²) >= 11 is 0. The topological polar surface area (TPSA) is 48.3 Å². The molecule has 1 aromatic heterocycles. The lowest BCUT2D eigenvalue weighted by molar-refractivity contribution is 0.174. The van der Waals surface area contributed by atoms with Gasteiger partial charge < -0.3 is 19.4 Å². The minimum atomic E-state index is 0.305. The highest BCUT2D eigenvalue weighted by Gasteiger charge is 2.13. The highest BCUT2D eigenvalue weighted by Crippen LogP contribution is 2.34. The van der Waals surface area contributed by atoms with Gasteiger partial charge in [0.1, 0.15) is 5.82 Å². The summed E-state index contributed by atoms with van der Waals surface area (Å²) in [5.41, 5.74) is 1.00. The molecule has 1 N–H and O–H groups in total. The number of aryl methyl sites for hydroxylation is 1. The first-order valence-electron chi connectivity index (χ1n) is 6.00. The Morgan fingerprint density at radius 1 is 1.33 bits per heavy atom. The Hall–Kier alpha value is -2.17. The van der Waals surface area contributed by atoms with Gasteiger partial charge in [-0.2, -0.15) is 0 Å². The van der Waals surface area contributed by atoms with Crippen molar-refractivity contribution in [2.75, 3.05) is 12.1 Å². The minimum Gasteiger partial charge on any atom is -0.454 e. The smallest absolute Gasteiger partial charge is 0.231 e. The van der Waals surface area contributed by atoms with Crippen LogP contribution in [-0.4, -0.2) is 16.3 Å². The summed E-state index contributed by atoms with van der Waals surface area (Å²) in [6, 6.07) is 5.84. The largest absolute Gasteiger partial charge is 0.454 e. The van der Waals surface area contributed by atoms with Crippen molar-refractivity contribution in [1.29, 1.82) is 0 Å². The average molecular weight is 245 g/mol. The van der Waals surface area contributed by atoms with Crippen LogP contribution in [0.5, 0.6) is 11.5 Å². The summed E-state index contributed by atoms with van der Waals surface area (Å²) in [4.78, 5) is 4.32. The van der Waals surface area contributed by atoms with Crippen LogP contribution in [0.3, 0.4) is 0 Å². The Bertz CT molecular complexity index is 551. The van der Waals surface area contributed by atoms with Gasteiger partial charge in [0.15, 0.2) is 11.5 Å². The van der Waals surface area contributed by atoms with Gasteiger partial charge >= 0.3 is 0 Å². The molecule has 0 bridgehead atoms. The molecular formula is C13H15N3O2. The van der Waals surface area contributed by atoms with E-state index in [1.807, 2.05) is 30.6 Å². The second kappa shape index (κ2) is 4.60. The number of fused-ring (bicyclic) bond motifs is 1. The van der Waals surface area contributed by atoms with E-state index in [4.69, 9.17) is 9.47 Å². The highest BCUT2D eigenvalue weighted by molar-refractivity contribution is 5.55. The Balaban J connectivity index is 1.70. The summed E-state index contributed by atoms with van der Waals surface area (Å²) in [6.45, 7) is 4.03. The lowest BCUT2D eigenvalue weighted by atomic mass is 10.3. The maximum atomic E-state index is 5.34. The monoisotopic (exact) mass is 245 g/mol. The van der Waals surface area contributed by atoms with Gasteiger partial charge in [-0.3, -0.25) is 0 Å². The van der Waals surface area contributed by atoms with Crippen molar-refractivity contribution in [1.82, 2.24) is 9.55 Å². The summed E-state index contributed by atoms with van der Waals surface area (Å²) in [6.07, 6.45) is 3.80. The molecule has 2 aromatic rings. The molecule has 2 heterocycles. The van der Waals surface area contributed by atoms with E-state index < -0.39 is 0 Å². The summed E-state index contributed by atoms with van der Waals surface area (Å²) in [5, 5.41) is 3.33. The molecule has 5 nitrogen and oxygen atoms in total. The van der Waals surface area contributed by atoms with E-state index >= 15 is 0 Å². The van der Waals surface area contributed by atoms with Gasteiger partial charge in [0, 0.05) is 30.7 Å². The summed E-state index contributed by atoms with van der Waals surface area (Å²) in [5.74, 6) is 2.62. The molecule has 0 spiro atoms. The van der Waals surface area contributed by atoms with E-state index in [0.29, 0.717) is 13.3 Å². The van der Waals surface area contributed by atoms with Gasteiger partial charge in [0.05, 0.1) is 6.54 Å². The molecule has 5 heteroatoms. The fourth-order valence-corrected chi connectivity index (χ4v) is 1.98. The number of anilines is 1. The first kappa shape index (κ1) is 11.0. The Morgan fingerprint density at radius 2 is 2.22 bits per heavy atom. The molecule has 1 aliphatic rings. The third-order valence-corrected chi connectivity index (χ3v) is 2.97. The molecule has 0 aliphatic carbocycles. The van der Waals surface area contributed by atoms with Crippen LogP contribution in [-0.2, 0) is 13.1 Å². The normalized spacial score (nSPS) is 12.7. The molecule has 0 fully saturated rings. The standard InChI is InChI=1S/C13H15N3O2/c1-2-16-6-5-14-13(16)8-15-10-3-4-11-12(7-10)18-9-17-11/h3-7,15H,2,8-9H2,1H3. The molecule has 18 heavy (non-hydrogen) atoms. The number of ether oxygens (including phenoxy) is 2. The molecule has 0 radical (unpaired) electrons. The molecule has 0 unspecified atom stereocenters. The van der Waals surface area contributed by atoms with Gasteiger partial charge in [0.2, 0.25) is 6.79 Å². The van der Waals surface area contributed by atoms with Gasteiger partial charge in [-0.05, 0) is 19.1 Å². The van der Waals surface area contributed by atoms with Crippen LogP contribution >= 0.6 is 0 Å². The second-order valence-corrected chi connectivity index (χ2v) is 4.05. The molecule has 0 amide bonds. The number of hydrogen-bond acceptors (Lipinski definition) is 4. The fourth-order valence-electron chi connectivity index (χ4n) is 1.98. The van der Waals surface area contributed by atoms with Crippen molar-refractivity contribution in [2.45, 2.75) is 20.0 Å². The third-order valence-electron chi connectivity index (χ3n) is 2.97. The highest BCUT2D eigenvalue weighted by atomic mass is 16.7. The zero-order valence-electron chi connectivity index (χ0n) is 10.2. The van der Waals surface area contributed by atoms with Crippen LogP contribution in [0.25, 0.3) is 0 Å². The van der Waals surface area contributed by atoms with Gasteiger partial charge in [-0.15, -0.1) is 0 Å². The Labute approximate surface area is 105 Å². The number of hydrogen-bond donors (Lipinski definition) is 1. The molecular weight excluding hydrogens is 230 g/mol. The van der Waals surface area contributed by atoms with Crippen LogP contribution in [0.4, 0.5) is 5.69 Å². The Morgan fingerprint density at radius 3 is 3.11 bits per heavy atom. The van der Waals surface area contributed by atoms with Crippen molar-refractivity contribution in [3.63, 3.8) is 0 Å². The third kappa shape index (κ3) is 1.99. The number of benzene rings is 1. The first-order valence-corrected chi connectivity index (χ1v) is 6.00. The molecule has 0 atom stereocenters. The number of nitrogens with zero attached hydrogens (tertiary/aromatic N) is 2. The number of imidazole rings is 1. The number of aromatic nitrogens is 2. The zero-order chi connectivity index (χ0) is 12.4. The average Bonchev–Trinajstić information content (AvgIpc) is 3.04. The summed E-state index contributed by atoms with van der Waals surface area (Å²) in [7, 11) is 0. The number of rotatable bonds is 4. The molecule has 94 valence electrons. The lowest BCUT2D eigenvalue weighted by Crippen LogP contribution is -2.07. The predicted molar refractivity (Wildman–Crippen MR) is 67.8 cm³/mol. The zero-order valence-corrected chi connectivity index (χ0v) is 10.2. The minimum absolute atomic E-state index is 0.305. The van der Waals surface area contributed by atoms with Crippen molar-refractivity contribution in [3.05, 3.63) is 36.4 Å². The first-order chi connectivity index (χ1) is 8.86. The maximum absolute atomic E-state index is 5.34. The van der Waals surface area contributed by atoms with E-state index in [-0.39, 0.29) is 0 Å².